The number of amides is 3. The van der Waals surface area contributed by atoms with E-state index in [1.165, 1.54) is 23.9 Å². The van der Waals surface area contributed by atoms with Crippen LogP contribution in [0.3, 0.4) is 0 Å². The van der Waals surface area contributed by atoms with Gasteiger partial charge in [-0.2, -0.15) is 0 Å². The number of carbonyl (C=O) groups excluding carboxylic acids is 2. The lowest BCUT2D eigenvalue weighted by molar-refractivity contribution is -0.123. The number of carbonyl (C=O) groups is 2. The van der Waals surface area contributed by atoms with Gasteiger partial charge in [0.2, 0.25) is 0 Å². The van der Waals surface area contributed by atoms with Gasteiger partial charge >= 0.3 is 6.03 Å². The Bertz CT molecular complexity index is 1300. The second kappa shape index (κ2) is 8.61. The molecule has 2 aliphatic rings. The summed E-state index contributed by atoms with van der Waals surface area (Å²) in [5, 5.41) is 2.95. The van der Waals surface area contributed by atoms with Crippen molar-refractivity contribution in [2.75, 3.05) is 23.9 Å². The molecule has 8 heteroatoms. The maximum atomic E-state index is 14.2. The third-order valence-corrected chi connectivity index (χ3v) is 7.85. The minimum Gasteiger partial charge on any atom is -0.497 e. The first-order chi connectivity index (χ1) is 16.7. The largest absolute Gasteiger partial charge is 0.497 e. The van der Waals surface area contributed by atoms with Gasteiger partial charge in [0.25, 0.3) is 5.91 Å². The van der Waals surface area contributed by atoms with E-state index in [0.717, 1.165) is 16.8 Å². The number of rotatable bonds is 4. The number of hydrogen-bond donors (Lipinski definition) is 1. The number of thioether (sulfide) groups is 1. The molecular weight excluding hydrogens is 465 g/mol. The summed E-state index contributed by atoms with van der Waals surface area (Å²) in [6.07, 6.45) is 0. The highest BCUT2D eigenvalue weighted by Crippen LogP contribution is 2.59. The topological polar surface area (TPSA) is 61.9 Å². The van der Waals surface area contributed by atoms with E-state index in [9.17, 15) is 14.0 Å². The van der Waals surface area contributed by atoms with Crippen LogP contribution < -0.4 is 15.0 Å². The minimum absolute atomic E-state index is 0.181. The lowest BCUT2D eigenvalue weighted by atomic mass is 10.1. The van der Waals surface area contributed by atoms with Crippen LogP contribution >= 0.6 is 11.8 Å². The number of anilines is 2. The number of nitrogens with zero attached hydrogens (tertiary/aromatic N) is 2. The van der Waals surface area contributed by atoms with Crippen LogP contribution in [0.25, 0.3) is 0 Å². The highest BCUT2D eigenvalue weighted by atomic mass is 32.2. The average Bonchev–Trinajstić information content (AvgIpc) is 3.27. The molecule has 1 fully saturated rings. The van der Waals surface area contributed by atoms with E-state index in [1.54, 1.807) is 53.3 Å². The summed E-state index contributed by atoms with van der Waals surface area (Å²) in [5.74, 6) is 0.118. The molecule has 6 nitrogen and oxygen atoms in total. The summed E-state index contributed by atoms with van der Waals surface area (Å²) in [5.41, 5.74) is 2.93. The Morgan fingerprint density at radius 3 is 2.57 bits per heavy atom. The van der Waals surface area contributed by atoms with E-state index in [-0.39, 0.29) is 29.0 Å². The molecule has 1 N–H and O–H groups in total. The predicted molar refractivity (Wildman–Crippen MR) is 136 cm³/mol. The van der Waals surface area contributed by atoms with Crippen molar-refractivity contribution in [2.45, 2.75) is 30.0 Å². The van der Waals surface area contributed by atoms with Gasteiger partial charge in [-0.1, -0.05) is 36.4 Å². The Labute approximate surface area is 208 Å². The van der Waals surface area contributed by atoms with Crippen molar-refractivity contribution in [1.29, 1.82) is 0 Å². The number of halogens is 1. The number of urea groups is 1. The Morgan fingerprint density at radius 2 is 1.83 bits per heavy atom. The molecule has 2 heterocycles. The summed E-state index contributed by atoms with van der Waals surface area (Å²) >= 11 is 1.49. The molecule has 1 spiro atoms. The third-order valence-electron chi connectivity index (χ3n) is 6.26. The van der Waals surface area contributed by atoms with E-state index in [4.69, 9.17) is 4.74 Å². The van der Waals surface area contributed by atoms with Crippen LogP contribution in [-0.2, 0) is 16.2 Å². The van der Waals surface area contributed by atoms with Gasteiger partial charge in [0.05, 0.1) is 19.3 Å². The lowest BCUT2D eigenvalue weighted by Gasteiger charge is -2.33. The van der Waals surface area contributed by atoms with Crippen molar-refractivity contribution in [3.8, 4) is 5.75 Å². The number of para-hydroxylation sites is 1. The second-order valence-corrected chi connectivity index (χ2v) is 11.2. The number of benzene rings is 3. The number of ether oxygens (including phenoxy) is 1. The summed E-state index contributed by atoms with van der Waals surface area (Å²) in [7, 11) is 1.57. The molecule has 0 saturated carbocycles. The normalized spacial score (nSPS) is 20.3. The molecule has 3 amide bonds. The van der Waals surface area contributed by atoms with E-state index >= 15 is 0 Å². The SMILES string of the molecule is COc1cccc(NC(=O)N2CC(C)(C)S[C@@]23C(=O)N(Cc2ccc(F)cc2)c2ccccc23)c1. The van der Waals surface area contributed by atoms with Gasteiger partial charge in [-0.15, -0.1) is 11.8 Å². The van der Waals surface area contributed by atoms with Gasteiger partial charge in [0.15, 0.2) is 4.87 Å². The zero-order valence-corrected chi connectivity index (χ0v) is 20.6. The van der Waals surface area contributed by atoms with Crippen molar-refractivity contribution in [2.24, 2.45) is 0 Å². The fraction of sp³-hybridized carbons (Fsp3) is 0.259. The fourth-order valence-electron chi connectivity index (χ4n) is 4.78. The molecule has 3 aromatic carbocycles. The number of nitrogens with one attached hydrogen (secondary N) is 1. The first-order valence-corrected chi connectivity index (χ1v) is 12.1. The molecular formula is C27H26FN3O3S. The number of methoxy groups -OCH3 is 1. The van der Waals surface area contributed by atoms with Crippen LogP contribution in [0.1, 0.15) is 25.0 Å². The zero-order chi connectivity index (χ0) is 24.8. The van der Waals surface area contributed by atoms with Gasteiger partial charge in [0, 0.05) is 28.6 Å². The molecule has 35 heavy (non-hydrogen) atoms. The lowest BCUT2D eigenvalue weighted by Crippen LogP contribution is -2.51. The molecule has 180 valence electrons. The quantitative estimate of drug-likeness (QED) is 0.517. The minimum atomic E-state index is -1.21. The van der Waals surface area contributed by atoms with Crippen molar-refractivity contribution in [3.63, 3.8) is 0 Å². The standard InChI is InChI=1S/C27H26FN3O3S/c1-26(2)17-31(25(33)29-20-7-6-8-21(15-20)34-3)27(35-26)22-9-4-5-10-23(22)30(24(27)32)16-18-11-13-19(28)14-12-18/h4-15H,16-17H2,1-3H3,(H,29,33)/t27-/m0/s1. The fourth-order valence-corrected chi connectivity index (χ4v) is 6.51. The second-order valence-electron chi connectivity index (χ2n) is 9.29. The maximum Gasteiger partial charge on any atom is 0.323 e. The van der Waals surface area contributed by atoms with Crippen molar-refractivity contribution in [1.82, 2.24) is 4.90 Å². The molecule has 1 atom stereocenters. The molecule has 0 bridgehead atoms. The molecule has 0 radical (unpaired) electrons. The Hall–Kier alpha value is -3.52. The first-order valence-electron chi connectivity index (χ1n) is 11.3. The summed E-state index contributed by atoms with van der Waals surface area (Å²) < 4.78 is 18.4. The Morgan fingerprint density at radius 1 is 1.09 bits per heavy atom. The average molecular weight is 492 g/mol. The smallest absolute Gasteiger partial charge is 0.323 e. The van der Waals surface area contributed by atoms with Crippen LogP contribution in [0.5, 0.6) is 5.75 Å². The predicted octanol–water partition coefficient (Wildman–Crippen LogP) is 5.59. The highest BCUT2D eigenvalue weighted by molar-refractivity contribution is 8.02. The number of fused-ring (bicyclic) bond motifs is 2. The monoisotopic (exact) mass is 491 g/mol. The van der Waals surface area contributed by atoms with Crippen molar-refractivity contribution >= 4 is 35.1 Å². The molecule has 3 aromatic rings. The highest BCUT2D eigenvalue weighted by Gasteiger charge is 2.63. The van der Waals surface area contributed by atoms with Gasteiger partial charge in [-0.3, -0.25) is 9.69 Å². The molecule has 5 rings (SSSR count). The summed E-state index contributed by atoms with van der Waals surface area (Å²) in [6.45, 7) is 4.75. The van der Waals surface area contributed by atoms with Crippen LogP contribution in [0.15, 0.2) is 72.8 Å². The molecule has 0 unspecified atom stereocenters. The molecule has 2 aliphatic heterocycles. The summed E-state index contributed by atoms with van der Waals surface area (Å²) in [4.78, 5) is 30.0. The van der Waals surface area contributed by atoms with Gasteiger partial charge in [-0.05, 0) is 49.7 Å². The van der Waals surface area contributed by atoms with Crippen molar-refractivity contribution < 1.29 is 18.7 Å². The summed E-state index contributed by atoms with van der Waals surface area (Å²) in [6, 6.07) is 20.5. The molecule has 0 aromatic heterocycles. The van der Waals surface area contributed by atoms with Crippen LogP contribution in [0.2, 0.25) is 0 Å². The van der Waals surface area contributed by atoms with Crippen molar-refractivity contribution in [3.05, 3.63) is 89.7 Å². The van der Waals surface area contributed by atoms with E-state index in [1.807, 2.05) is 38.1 Å². The van der Waals surface area contributed by atoms with Crippen LogP contribution in [0, 0.1) is 5.82 Å². The Kier molecular flexibility index (Phi) is 5.71. The van der Waals surface area contributed by atoms with E-state index in [2.05, 4.69) is 5.32 Å². The van der Waals surface area contributed by atoms with Crippen LogP contribution in [-0.4, -0.2) is 35.2 Å². The van der Waals surface area contributed by atoms with E-state index < -0.39 is 4.87 Å². The van der Waals surface area contributed by atoms with Crippen LogP contribution in [0.4, 0.5) is 20.6 Å². The van der Waals surface area contributed by atoms with E-state index in [0.29, 0.717) is 18.0 Å². The Balaban J connectivity index is 1.54. The zero-order valence-electron chi connectivity index (χ0n) is 19.7. The van der Waals surface area contributed by atoms with Gasteiger partial charge in [0.1, 0.15) is 11.6 Å². The third kappa shape index (κ3) is 4.01. The molecule has 1 saturated heterocycles. The molecule has 0 aliphatic carbocycles. The van der Waals surface area contributed by atoms with Gasteiger partial charge in [-0.25, -0.2) is 9.18 Å². The van der Waals surface area contributed by atoms with Gasteiger partial charge < -0.3 is 15.0 Å². The first kappa shape index (κ1) is 23.2. The number of hydrogen-bond acceptors (Lipinski definition) is 4. The maximum absolute atomic E-state index is 14.2.